The van der Waals surface area contributed by atoms with Gasteiger partial charge in [-0.1, -0.05) is 12.1 Å². The van der Waals surface area contributed by atoms with E-state index in [4.69, 9.17) is 16.6 Å². The highest BCUT2D eigenvalue weighted by Gasteiger charge is 2.12. The van der Waals surface area contributed by atoms with Crippen LogP contribution >= 0.6 is 12.4 Å². The molecule has 0 bridgehead atoms. The lowest BCUT2D eigenvalue weighted by Gasteiger charge is -2.27. The Morgan fingerprint density at radius 1 is 1.19 bits per heavy atom. The molecule has 116 valence electrons. The number of aliphatic hydroxyl groups excluding tert-OH is 1. The van der Waals surface area contributed by atoms with Gasteiger partial charge in [0.15, 0.2) is 5.96 Å². The van der Waals surface area contributed by atoms with E-state index in [2.05, 4.69) is 9.98 Å². The summed E-state index contributed by atoms with van der Waals surface area (Å²) in [4.78, 5) is 10.4. The van der Waals surface area contributed by atoms with Crippen molar-refractivity contribution in [2.75, 3.05) is 13.1 Å². The SMILES string of the molecule is Cl.NC(=Nc1cccc(CO)c1)/N=C(/N)N1CCCCC1. The van der Waals surface area contributed by atoms with Crippen molar-refractivity contribution in [3.63, 3.8) is 0 Å². The second-order valence-corrected chi connectivity index (χ2v) is 4.82. The van der Waals surface area contributed by atoms with Crippen molar-refractivity contribution in [2.45, 2.75) is 25.9 Å². The number of aliphatic hydroxyl groups is 1. The fourth-order valence-corrected chi connectivity index (χ4v) is 2.19. The molecule has 0 atom stereocenters. The first-order valence-electron chi connectivity index (χ1n) is 6.82. The first-order valence-corrected chi connectivity index (χ1v) is 6.82. The van der Waals surface area contributed by atoms with E-state index in [1.54, 1.807) is 12.1 Å². The van der Waals surface area contributed by atoms with Gasteiger partial charge in [-0.25, -0.2) is 4.99 Å². The summed E-state index contributed by atoms with van der Waals surface area (Å²) in [6, 6.07) is 7.20. The molecule has 1 heterocycles. The summed E-state index contributed by atoms with van der Waals surface area (Å²) in [6.07, 6.45) is 3.50. The molecule has 1 saturated heterocycles. The number of hydrogen-bond donors (Lipinski definition) is 3. The maximum Gasteiger partial charge on any atom is 0.223 e. The minimum Gasteiger partial charge on any atom is -0.392 e. The highest BCUT2D eigenvalue weighted by atomic mass is 35.5. The molecular weight excluding hydrogens is 290 g/mol. The monoisotopic (exact) mass is 311 g/mol. The summed E-state index contributed by atoms with van der Waals surface area (Å²) < 4.78 is 0. The van der Waals surface area contributed by atoms with Gasteiger partial charge in [-0.3, -0.25) is 0 Å². The molecule has 7 heteroatoms. The van der Waals surface area contributed by atoms with Crippen molar-refractivity contribution in [1.29, 1.82) is 0 Å². The average Bonchev–Trinajstić information content (AvgIpc) is 2.48. The average molecular weight is 312 g/mol. The number of nitrogens with two attached hydrogens (primary N) is 2. The number of hydrogen-bond acceptors (Lipinski definition) is 2. The van der Waals surface area contributed by atoms with Crippen molar-refractivity contribution >= 4 is 30.0 Å². The van der Waals surface area contributed by atoms with Gasteiger partial charge in [-0.2, -0.15) is 4.99 Å². The van der Waals surface area contributed by atoms with Crippen LogP contribution in [0, 0.1) is 0 Å². The van der Waals surface area contributed by atoms with Crippen LogP contribution in [0.5, 0.6) is 0 Å². The van der Waals surface area contributed by atoms with E-state index in [1.165, 1.54) is 6.42 Å². The number of nitrogens with zero attached hydrogens (tertiary/aromatic N) is 3. The number of aliphatic imine (C=N–C) groups is 2. The zero-order valence-corrected chi connectivity index (χ0v) is 12.7. The molecule has 0 unspecified atom stereocenters. The van der Waals surface area contributed by atoms with E-state index in [0.29, 0.717) is 11.6 Å². The summed E-state index contributed by atoms with van der Waals surface area (Å²) in [7, 11) is 0. The smallest absolute Gasteiger partial charge is 0.223 e. The summed E-state index contributed by atoms with van der Waals surface area (Å²) >= 11 is 0. The van der Waals surface area contributed by atoms with Crippen LogP contribution < -0.4 is 11.5 Å². The highest BCUT2D eigenvalue weighted by molar-refractivity contribution is 5.94. The number of likely N-dealkylation sites (tertiary alicyclic amines) is 1. The first-order chi connectivity index (χ1) is 9.69. The molecule has 21 heavy (non-hydrogen) atoms. The minimum atomic E-state index is -0.0253. The fourth-order valence-electron chi connectivity index (χ4n) is 2.19. The molecule has 0 aliphatic carbocycles. The van der Waals surface area contributed by atoms with Gasteiger partial charge >= 0.3 is 0 Å². The van der Waals surface area contributed by atoms with Crippen molar-refractivity contribution in [1.82, 2.24) is 4.90 Å². The Morgan fingerprint density at radius 2 is 1.90 bits per heavy atom. The Bertz CT molecular complexity index is 512. The van der Waals surface area contributed by atoms with Crippen LogP contribution in [0.4, 0.5) is 5.69 Å². The molecule has 0 radical (unpaired) electrons. The topological polar surface area (TPSA) is 100 Å². The maximum absolute atomic E-state index is 9.08. The third kappa shape index (κ3) is 5.24. The number of halogens is 1. The first kappa shape index (κ1) is 17.3. The number of guanidine groups is 2. The van der Waals surface area contributed by atoms with Gasteiger partial charge in [0.1, 0.15) is 0 Å². The second-order valence-electron chi connectivity index (χ2n) is 4.82. The minimum absolute atomic E-state index is 0. The third-order valence-electron chi connectivity index (χ3n) is 3.25. The van der Waals surface area contributed by atoms with Crippen LogP contribution in [0.2, 0.25) is 0 Å². The van der Waals surface area contributed by atoms with Gasteiger partial charge in [-0.05, 0) is 37.0 Å². The van der Waals surface area contributed by atoms with Gasteiger partial charge < -0.3 is 21.5 Å². The quantitative estimate of drug-likeness (QED) is 0.567. The molecule has 1 aromatic carbocycles. The molecule has 1 aromatic rings. The molecule has 2 rings (SSSR count). The summed E-state index contributed by atoms with van der Waals surface area (Å²) in [6.45, 7) is 1.81. The van der Waals surface area contributed by atoms with Gasteiger partial charge in [0, 0.05) is 13.1 Å². The van der Waals surface area contributed by atoms with Gasteiger partial charge in [0.25, 0.3) is 0 Å². The lowest BCUT2D eigenvalue weighted by atomic mass is 10.1. The van der Waals surface area contributed by atoms with Crippen LogP contribution in [0.3, 0.4) is 0 Å². The van der Waals surface area contributed by atoms with Crippen LogP contribution in [0.1, 0.15) is 24.8 Å². The molecule has 0 spiro atoms. The van der Waals surface area contributed by atoms with Gasteiger partial charge in [0.05, 0.1) is 12.3 Å². The zero-order chi connectivity index (χ0) is 14.4. The Balaban J connectivity index is 0.00000220. The molecule has 0 amide bonds. The molecule has 1 aliphatic heterocycles. The fraction of sp³-hybridized carbons (Fsp3) is 0.429. The molecule has 0 saturated carbocycles. The van der Waals surface area contributed by atoms with Crippen molar-refractivity contribution in [2.24, 2.45) is 21.5 Å². The van der Waals surface area contributed by atoms with Crippen molar-refractivity contribution in [3.8, 4) is 0 Å². The molecule has 1 aliphatic rings. The molecule has 6 nitrogen and oxygen atoms in total. The third-order valence-corrected chi connectivity index (χ3v) is 3.25. The number of benzene rings is 1. The van der Waals surface area contributed by atoms with E-state index < -0.39 is 0 Å². The van der Waals surface area contributed by atoms with Gasteiger partial charge in [0.2, 0.25) is 5.96 Å². The van der Waals surface area contributed by atoms with Crippen molar-refractivity contribution < 1.29 is 5.11 Å². The van der Waals surface area contributed by atoms with E-state index in [1.807, 2.05) is 17.0 Å². The largest absolute Gasteiger partial charge is 0.392 e. The maximum atomic E-state index is 9.08. The molecule has 0 aromatic heterocycles. The van der Waals surface area contributed by atoms with Crippen LogP contribution in [0.15, 0.2) is 34.3 Å². The van der Waals surface area contributed by atoms with E-state index in [9.17, 15) is 0 Å². The lowest BCUT2D eigenvalue weighted by Crippen LogP contribution is -2.41. The molecule has 5 N–H and O–H groups in total. The van der Waals surface area contributed by atoms with E-state index in [-0.39, 0.29) is 25.0 Å². The lowest BCUT2D eigenvalue weighted by molar-refractivity contribution is 0.282. The Morgan fingerprint density at radius 3 is 2.57 bits per heavy atom. The molecular formula is C14H22ClN5O. The predicted molar refractivity (Wildman–Crippen MR) is 87.9 cm³/mol. The Kier molecular flexibility index (Phi) is 6.98. The van der Waals surface area contributed by atoms with E-state index in [0.717, 1.165) is 31.5 Å². The van der Waals surface area contributed by atoms with E-state index >= 15 is 0 Å². The summed E-state index contributed by atoms with van der Waals surface area (Å²) in [5.74, 6) is 0.549. The standard InChI is InChI=1S/C14H21N5O.ClH/c15-13(17-12-6-4-5-11(9-12)10-20)18-14(16)19-7-2-1-3-8-19;/h4-6,9,20H,1-3,7-8,10H2,(H4,15,16,17,18);1H. The Hall–Kier alpha value is -1.79. The van der Waals surface area contributed by atoms with Crippen LogP contribution in [-0.4, -0.2) is 35.0 Å². The summed E-state index contributed by atoms with van der Waals surface area (Å²) in [5, 5.41) is 9.08. The predicted octanol–water partition coefficient (Wildman–Crippen LogP) is 1.35. The normalized spacial score (nSPS) is 16.5. The number of piperidine rings is 1. The highest BCUT2D eigenvalue weighted by Crippen LogP contribution is 2.14. The van der Waals surface area contributed by atoms with Crippen LogP contribution in [0.25, 0.3) is 0 Å². The number of rotatable bonds is 2. The molecule has 1 fully saturated rings. The second kappa shape index (κ2) is 8.49. The summed E-state index contributed by atoms with van der Waals surface area (Å²) in [5.41, 5.74) is 13.2. The Labute approximate surface area is 131 Å². The zero-order valence-electron chi connectivity index (χ0n) is 11.9. The van der Waals surface area contributed by atoms with Crippen LogP contribution in [-0.2, 0) is 6.61 Å². The van der Waals surface area contributed by atoms with Crippen molar-refractivity contribution in [3.05, 3.63) is 29.8 Å². The van der Waals surface area contributed by atoms with Gasteiger partial charge in [-0.15, -0.1) is 12.4 Å².